The van der Waals surface area contributed by atoms with Gasteiger partial charge in [-0.1, -0.05) is 59.3 Å². The molecule has 0 spiro atoms. The lowest BCUT2D eigenvalue weighted by Gasteiger charge is -2.07. The van der Waals surface area contributed by atoms with E-state index in [1.165, 1.54) is 6.08 Å². The van der Waals surface area contributed by atoms with Crippen LogP contribution in [-0.2, 0) is 4.79 Å². The van der Waals surface area contributed by atoms with E-state index < -0.39 is 10.8 Å². The van der Waals surface area contributed by atoms with E-state index in [2.05, 4.69) is 6.58 Å². The average Bonchev–Trinajstić information content (AvgIpc) is 2.24. The van der Waals surface area contributed by atoms with Gasteiger partial charge >= 0.3 is 0 Å². The standard InChI is InChI=1S/C13H13ClO2S/c1-3-12(17(2)16)13(15)10-8-6-4-5-7-9-11(10)14/h3-9,16H,1H2,2H3. The summed E-state index contributed by atoms with van der Waals surface area (Å²) in [7, 11) is -1.13. The van der Waals surface area contributed by atoms with E-state index in [1.807, 2.05) is 6.08 Å². The van der Waals surface area contributed by atoms with Crippen LogP contribution in [0.25, 0.3) is 0 Å². The molecule has 0 saturated heterocycles. The van der Waals surface area contributed by atoms with E-state index in [1.54, 1.807) is 36.6 Å². The van der Waals surface area contributed by atoms with Crippen molar-refractivity contribution in [2.24, 2.45) is 0 Å². The predicted molar refractivity (Wildman–Crippen MR) is 76.7 cm³/mol. The number of halogens is 1. The lowest BCUT2D eigenvalue weighted by Crippen LogP contribution is -2.14. The maximum Gasteiger partial charge on any atom is 0.202 e. The van der Waals surface area contributed by atoms with Crippen molar-refractivity contribution in [1.29, 1.82) is 0 Å². The molecule has 2 nitrogen and oxygen atoms in total. The van der Waals surface area contributed by atoms with Gasteiger partial charge in [-0.05, 0) is 12.2 Å². The van der Waals surface area contributed by atoms with Gasteiger partial charge in [0.25, 0.3) is 0 Å². The first kappa shape index (κ1) is 13.9. The van der Waals surface area contributed by atoms with Crippen LogP contribution in [0.15, 0.2) is 59.7 Å². The molecule has 1 rings (SSSR count). The van der Waals surface area contributed by atoms with Crippen molar-refractivity contribution in [3.63, 3.8) is 0 Å². The number of Topliss-reactive ketones (excluding diaryl/α,β-unsaturated/α-hetero) is 1. The van der Waals surface area contributed by atoms with Gasteiger partial charge < -0.3 is 4.55 Å². The first-order valence-electron chi connectivity index (χ1n) is 4.88. The molecule has 0 saturated carbocycles. The monoisotopic (exact) mass is 268 g/mol. The molecule has 1 aliphatic rings. The van der Waals surface area contributed by atoms with Crippen molar-refractivity contribution in [3.8, 4) is 0 Å². The van der Waals surface area contributed by atoms with E-state index >= 15 is 0 Å². The third kappa shape index (κ3) is 3.66. The number of hydrogen-bond acceptors (Lipinski definition) is 2. The van der Waals surface area contributed by atoms with Gasteiger partial charge in [0, 0.05) is 11.8 Å². The highest BCUT2D eigenvalue weighted by atomic mass is 35.5. The summed E-state index contributed by atoms with van der Waals surface area (Å²) >= 11 is 6.02. The second kappa shape index (κ2) is 6.55. The Bertz CT molecular complexity index is 490. The van der Waals surface area contributed by atoms with E-state index in [4.69, 9.17) is 11.6 Å². The molecule has 17 heavy (non-hydrogen) atoms. The van der Waals surface area contributed by atoms with E-state index in [0.29, 0.717) is 10.6 Å². The first-order chi connectivity index (χ1) is 8.07. The molecule has 90 valence electrons. The molecular weight excluding hydrogens is 256 g/mol. The Morgan fingerprint density at radius 1 is 1.35 bits per heavy atom. The maximum absolute atomic E-state index is 12.1. The summed E-state index contributed by atoms with van der Waals surface area (Å²) in [5.41, 5.74) is 0.357. The molecule has 1 aliphatic carbocycles. The van der Waals surface area contributed by atoms with E-state index in [-0.39, 0.29) is 10.6 Å². The fourth-order valence-corrected chi connectivity index (χ4v) is 2.09. The fraction of sp³-hybridized carbons (Fsp3) is 0.0769. The van der Waals surface area contributed by atoms with Gasteiger partial charge in [0.1, 0.15) is 0 Å². The summed E-state index contributed by atoms with van der Waals surface area (Å²) in [6.07, 6.45) is 13.3. The fourth-order valence-electron chi connectivity index (χ4n) is 1.25. The summed E-state index contributed by atoms with van der Waals surface area (Å²) in [6, 6.07) is 0. The number of carbonyl (C=O) groups is 1. The van der Waals surface area contributed by atoms with Crippen LogP contribution in [0.3, 0.4) is 0 Å². The Kier molecular flexibility index (Phi) is 5.35. The molecule has 0 aromatic rings. The zero-order valence-electron chi connectivity index (χ0n) is 9.39. The summed E-state index contributed by atoms with van der Waals surface area (Å²) in [5.74, 6) is -0.297. The van der Waals surface area contributed by atoms with Crippen molar-refractivity contribution < 1.29 is 9.35 Å². The highest BCUT2D eigenvalue weighted by Crippen LogP contribution is 2.20. The maximum atomic E-state index is 12.1. The van der Waals surface area contributed by atoms with Crippen LogP contribution in [0, 0.1) is 0 Å². The molecule has 0 amide bonds. The smallest absolute Gasteiger partial charge is 0.202 e. The number of ketones is 1. The SMILES string of the molecule is C=C/C(C(=O)C1=CC=CC=CC=C1Cl)=S(/C)O. The van der Waals surface area contributed by atoms with Crippen LogP contribution in [0.2, 0.25) is 0 Å². The molecular formula is C13H13ClO2S. The third-order valence-electron chi connectivity index (χ3n) is 2.07. The summed E-state index contributed by atoms with van der Waals surface area (Å²) in [6.45, 7) is 3.53. The Labute approximate surface area is 108 Å². The van der Waals surface area contributed by atoms with Gasteiger partial charge in [0.15, 0.2) is 0 Å². The van der Waals surface area contributed by atoms with Crippen molar-refractivity contribution in [1.82, 2.24) is 0 Å². The van der Waals surface area contributed by atoms with Crippen molar-refractivity contribution in [2.45, 2.75) is 0 Å². The van der Waals surface area contributed by atoms with Crippen molar-refractivity contribution in [2.75, 3.05) is 6.26 Å². The van der Waals surface area contributed by atoms with Crippen LogP contribution in [0.4, 0.5) is 0 Å². The van der Waals surface area contributed by atoms with Gasteiger partial charge in [-0.15, -0.1) is 0 Å². The quantitative estimate of drug-likeness (QED) is 0.629. The molecule has 0 fully saturated rings. The molecule has 0 aromatic carbocycles. The van der Waals surface area contributed by atoms with Gasteiger partial charge in [0.05, 0.1) is 9.90 Å². The lowest BCUT2D eigenvalue weighted by atomic mass is 10.1. The van der Waals surface area contributed by atoms with Crippen LogP contribution in [0.1, 0.15) is 0 Å². The molecule has 0 aromatic heterocycles. The Balaban J connectivity index is 3.20. The Hall–Kier alpha value is -1.16. The Morgan fingerprint density at radius 2 is 1.94 bits per heavy atom. The van der Waals surface area contributed by atoms with Crippen LogP contribution < -0.4 is 0 Å². The zero-order chi connectivity index (χ0) is 12.8. The third-order valence-corrected chi connectivity index (χ3v) is 3.39. The minimum absolute atomic E-state index is 0.265. The van der Waals surface area contributed by atoms with Gasteiger partial charge in [-0.25, -0.2) is 0 Å². The minimum Gasteiger partial charge on any atom is -0.337 e. The number of hydrogen-bond donors (Lipinski definition) is 1. The molecule has 0 radical (unpaired) electrons. The predicted octanol–water partition coefficient (Wildman–Crippen LogP) is 3.46. The van der Waals surface area contributed by atoms with Crippen molar-refractivity contribution in [3.05, 3.63) is 59.7 Å². The summed E-state index contributed by atoms with van der Waals surface area (Å²) in [5, 5.41) is 0.348. The second-order valence-electron chi connectivity index (χ2n) is 3.24. The highest BCUT2D eigenvalue weighted by Gasteiger charge is 2.17. The average molecular weight is 269 g/mol. The molecule has 4 heteroatoms. The second-order valence-corrected chi connectivity index (χ2v) is 5.04. The normalized spacial score (nSPS) is 17.5. The van der Waals surface area contributed by atoms with Crippen LogP contribution in [0.5, 0.6) is 0 Å². The van der Waals surface area contributed by atoms with Crippen LogP contribution in [-0.4, -0.2) is 21.5 Å². The summed E-state index contributed by atoms with van der Waals surface area (Å²) < 4.78 is 9.50. The van der Waals surface area contributed by atoms with Crippen molar-refractivity contribution >= 4 is 33.0 Å². The molecule has 1 N–H and O–H groups in total. The number of rotatable bonds is 3. The molecule has 0 heterocycles. The largest absolute Gasteiger partial charge is 0.337 e. The number of carbonyl (C=O) groups excluding carboxylic acids is 1. The van der Waals surface area contributed by atoms with Gasteiger partial charge in [-0.2, -0.15) is 0 Å². The summed E-state index contributed by atoms with van der Waals surface area (Å²) in [4.78, 5) is 12.4. The first-order valence-corrected chi connectivity index (χ1v) is 6.85. The zero-order valence-corrected chi connectivity index (χ0v) is 11.0. The molecule has 0 aliphatic heterocycles. The Morgan fingerprint density at radius 3 is 2.47 bits per heavy atom. The van der Waals surface area contributed by atoms with Gasteiger partial charge in [0.2, 0.25) is 5.78 Å². The molecule has 1 atom stereocenters. The lowest BCUT2D eigenvalue weighted by molar-refractivity contribution is -0.109. The molecule has 1 unspecified atom stereocenters. The van der Waals surface area contributed by atoms with E-state index in [9.17, 15) is 9.35 Å². The van der Waals surface area contributed by atoms with E-state index in [0.717, 1.165) is 0 Å². The highest BCUT2D eigenvalue weighted by molar-refractivity contribution is 8.11. The number of allylic oxidation sites excluding steroid dienone is 9. The van der Waals surface area contributed by atoms with Crippen LogP contribution >= 0.6 is 22.4 Å². The van der Waals surface area contributed by atoms with Gasteiger partial charge in [-0.3, -0.25) is 4.79 Å². The molecule has 0 bridgehead atoms. The minimum atomic E-state index is -1.13. The topological polar surface area (TPSA) is 37.3 Å².